The molecule has 2 aliphatic heterocycles. The van der Waals surface area contributed by atoms with Gasteiger partial charge >= 0.3 is 6.03 Å². The van der Waals surface area contributed by atoms with Crippen molar-refractivity contribution in [2.75, 3.05) is 30.1 Å². The van der Waals surface area contributed by atoms with Crippen molar-refractivity contribution in [1.29, 1.82) is 0 Å². The molecule has 7 nitrogen and oxygen atoms in total. The lowest BCUT2D eigenvalue weighted by Crippen LogP contribution is -2.34. The van der Waals surface area contributed by atoms with Crippen LogP contribution in [-0.4, -0.2) is 31.8 Å². The van der Waals surface area contributed by atoms with Crippen molar-refractivity contribution in [2.24, 2.45) is 5.92 Å². The number of carbonyl (C=O) groups excluding carboxylic acids is 2. The number of amides is 3. The number of hydrogen-bond acceptors (Lipinski definition) is 4. The smallest absolute Gasteiger partial charge is 0.319 e. The fourth-order valence-corrected chi connectivity index (χ4v) is 3.18. The SMILES string of the molecule is O=C(NC[C@H]1CC(=O)N(c2ccc(F)cc2)C1)Nc1ccc2c(c1)OCO2. The fraction of sp³-hybridized carbons (Fsp3) is 0.263. The Balaban J connectivity index is 1.29. The number of carbonyl (C=O) groups is 2. The topological polar surface area (TPSA) is 79.9 Å². The number of hydrogen-bond donors (Lipinski definition) is 2. The van der Waals surface area contributed by atoms with Crippen LogP contribution in [0, 0.1) is 11.7 Å². The van der Waals surface area contributed by atoms with Crippen LogP contribution in [0.4, 0.5) is 20.6 Å². The molecule has 0 aliphatic carbocycles. The number of urea groups is 1. The van der Waals surface area contributed by atoms with E-state index in [9.17, 15) is 14.0 Å². The molecule has 8 heteroatoms. The number of rotatable bonds is 4. The van der Waals surface area contributed by atoms with Crippen molar-refractivity contribution in [1.82, 2.24) is 5.32 Å². The van der Waals surface area contributed by atoms with Crippen molar-refractivity contribution in [2.45, 2.75) is 6.42 Å². The molecule has 0 bridgehead atoms. The Morgan fingerprint density at radius 1 is 1.15 bits per heavy atom. The van der Waals surface area contributed by atoms with E-state index in [1.165, 1.54) is 12.1 Å². The van der Waals surface area contributed by atoms with Gasteiger partial charge in [-0.05, 0) is 36.4 Å². The van der Waals surface area contributed by atoms with Gasteiger partial charge in [-0.1, -0.05) is 0 Å². The van der Waals surface area contributed by atoms with Gasteiger partial charge in [0, 0.05) is 42.9 Å². The Kier molecular flexibility index (Phi) is 4.53. The second kappa shape index (κ2) is 7.14. The first kappa shape index (κ1) is 17.1. The van der Waals surface area contributed by atoms with Gasteiger partial charge in [-0.2, -0.15) is 0 Å². The Morgan fingerprint density at radius 3 is 2.74 bits per heavy atom. The lowest BCUT2D eigenvalue weighted by Gasteiger charge is -2.17. The quantitative estimate of drug-likeness (QED) is 0.866. The van der Waals surface area contributed by atoms with E-state index < -0.39 is 0 Å². The average Bonchev–Trinajstić information content (AvgIpc) is 3.26. The van der Waals surface area contributed by atoms with Crippen LogP contribution in [0.1, 0.15) is 6.42 Å². The number of anilines is 2. The van der Waals surface area contributed by atoms with Gasteiger partial charge in [0.15, 0.2) is 11.5 Å². The molecule has 27 heavy (non-hydrogen) atoms. The maximum absolute atomic E-state index is 13.0. The van der Waals surface area contributed by atoms with E-state index in [1.807, 2.05) is 0 Å². The van der Waals surface area contributed by atoms with Crippen LogP contribution in [0.15, 0.2) is 42.5 Å². The molecule has 1 fully saturated rings. The van der Waals surface area contributed by atoms with Crippen molar-refractivity contribution in [3.8, 4) is 11.5 Å². The molecule has 4 rings (SSSR count). The Hall–Kier alpha value is -3.29. The van der Waals surface area contributed by atoms with E-state index in [0.717, 1.165) is 0 Å². The summed E-state index contributed by atoms with van der Waals surface area (Å²) in [7, 11) is 0. The van der Waals surface area contributed by atoms with E-state index in [1.54, 1.807) is 35.2 Å². The third-order valence-corrected chi connectivity index (χ3v) is 4.53. The molecule has 2 aromatic carbocycles. The van der Waals surface area contributed by atoms with Crippen molar-refractivity contribution in [3.05, 3.63) is 48.3 Å². The summed E-state index contributed by atoms with van der Waals surface area (Å²) in [5, 5.41) is 5.51. The summed E-state index contributed by atoms with van der Waals surface area (Å²) in [5.41, 5.74) is 1.25. The molecular formula is C19H18FN3O4. The lowest BCUT2D eigenvalue weighted by atomic mass is 10.1. The second-order valence-electron chi connectivity index (χ2n) is 6.45. The Bertz CT molecular complexity index is 872. The van der Waals surface area contributed by atoms with E-state index in [0.29, 0.717) is 42.4 Å². The molecule has 0 spiro atoms. The molecule has 0 radical (unpaired) electrons. The van der Waals surface area contributed by atoms with Gasteiger partial charge < -0.3 is 25.0 Å². The summed E-state index contributed by atoms with van der Waals surface area (Å²) >= 11 is 0. The summed E-state index contributed by atoms with van der Waals surface area (Å²) in [6, 6.07) is 10.6. The van der Waals surface area contributed by atoms with Crippen LogP contribution in [0.3, 0.4) is 0 Å². The minimum absolute atomic E-state index is 0.00921. The van der Waals surface area contributed by atoms with Crippen LogP contribution < -0.4 is 25.0 Å². The maximum Gasteiger partial charge on any atom is 0.319 e. The molecule has 2 N–H and O–H groups in total. The number of benzene rings is 2. The summed E-state index contributed by atoms with van der Waals surface area (Å²) in [4.78, 5) is 25.9. The third kappa shape index (κ3) is 3.79. The second-order valence-corrected chi connectivity index (χ2v) is 6.45. The molecule has 0 aromatic heterocycles. The molecule has 3 amide bonds. The number of nitrogens with one attached hydrogen (secondary N) is 2. The number of fused-ring (bicyclic) bond motifs is 1. The number of nitrogens with zero attached hydrogens (tertiary/aromatic N) is 1. The molecule has 1 saturated heterocycles. The van der Waals surface area contributed by atoms with Crippen LogP contribution in [0.2, 0.25) is 0 Å². The van der Waals surface area contributed by atoms with Crippen LogP contribution in [0.25, 0.3) is 0 Å². The van der Waals surface area contributed by atoms with E-state index >= 15 is 0 Å². The predicted octanol–water partition coefficient (Wildman–Crippen LogP) is 2.73. The van der Waals surface area contributed by atoms with E-state index in [-0.39, 0.29) is 30.5 Å². The molecule has 2 heterocycles. The number of halogens is 1. The van der Waals surface area contributed by atoms with Gasteiger partial charge in [-0.3, -0.25) is 4.79 Å². The normalized spacial score (nSPS) is 17.9. The van der Waals surface area contributed by atoms with Crippen LogP contribution in [0.5, 0.6) is 11.5 Å². The maximum atomic E-state index is 13.0. The monoisotopic (exact) mass is 371 g/mol. The summed E-state index contributed by atoms with van der Waals surface area (Å²) < 4.78 is 23.5. The fourth-order valence-electron chi connectivity index (χ4n) is 3.18. The minimum atomic E-state index is -0.360. The zero-order valence-electron chi connectivity index (χ0n) is 14.4. The minimum Gasteiger partial charge on any atom is -0.454 e. The molecule has 0 unspecified atom stereocenters. The van der Waals surface area contributed by atoms with E-state index in [2.05, 4.69) is 10.6 Å². The number of ether oxygens (including phenoxy) is 2. The average molecular weight is 371 g/mol. The van der Waals surface area contributed by atoms with E-state index in [4.69, 9.17) is 9.47 Å². The van der Waals surface area contributed by atoms with Gasteiger partial charge in [0.2, 0.25) is 12.7 Å². The summed E-state index contributed by atoms with van der Waals surface area (Å²) in [6.45, 7) is 1.01. The first-order valence-corrected chi connectivity index (χ1v) is 8.59. The highest BCUT2D eigenvalue weighted by atomic mass is 19.1. The predicted molar refractivity (Wildman–Crippen MR) is 96.4 cm³/mol. The Morgan fingerprint density at radius 2 is 1.93 bits per heavy atom. The highest BCUT2D eigenvalue weighted by Crippen LogP contribution is 2.34. The Labute approximate surface area is 155 Å². The van der Waals surface area contributed by atoms with Gasteiger partial charge in [0.1, 0.15) is 5.82 Å². The van der Waals surface area contributed by atoms with Gasteiger partial charge in [0.05, 0.1) is 0 Å². The van der Waals surface area contributed by atoms with Gasteiger partial charge in [-0.15, -0.1) is 0 Å². The highest BCUT2D eigenvalue weighted by molar-refractivity contribution is 5.96. The van der Waals surface area contributed by atoms with Crippen molar-refractivity contribution in [3.63, 3.8) is 0 Å². The van der Waals surface area contributed by atoms with Crippen LogP contribution in [-0.2, 0) is 4.79 Å². The van der Waals surface area contributed by atoms with Gasteiger partial charge in [0.25, 0.3) is 0 Å². The summed E-state index contributed by atoms with van der Waals surface area (Å²) in [6.07, 6.45) is 0.335. The lowest BCUT2D eigenvalue weighted by molar-refractivity contribution is -0.117. The summed E-state index contributed by atoms with van der Waals surface area (Å²) in [5.74, 6) is 0.842. The standard InChI is InChI=1S/C19H18FN3O4/c20-13-1-4-15(5-2-13)23-10-12(7-18(23)24)9-21-19(25)22-14-3-6-16-17(8-14)27-11-26-16/h1-6,8,12H,7,9-11H2,(H2,21,22,25)/t12-/m1/s1. The first-order chi connectivity index (χ1) is 13.1. The van der Waals surface area contributed by atoms with Gasteiger partial charge in [-0.25, -0.2) is 9.18 Å². The molecule has 0 saturated carbocycles. The molecule has 1 atom stereocenters. The molecule has 2 aliphatic rings. The van der Waals surface area contributed by atoms with Crippen LogP contribution >= 0.6 is 0 Å². The third-order valence-electron chi connectivity index (χ3n) is 4.53. The first-order valence-electron chi connectivity index (χ1n) is 8.59. The molecule has 2 aromatic rings. The van der Waals surface area contributed by atoms with Crippen molar-refractivity contribution >= 4 is 23.3 Å². The zero-order chi connectivity index (χ0) is 18.8. The molecular weight excluding hydrogens is 353 g/mol. The highest BCUT2D eigenvalue weighted by Gasteiger charge is 2.30. The largest absolute Gasteiger partial charge is 0.454 e. The van der Waals surface area contributed by atoms with Crippen molar-refractivity contribution < 1.29 is 23.5 Å². The zero-order valence-corrected chi connectivity index (χ0v) is 14.4. The molecule has 140 valence electrons.